The van der Waals surface area contributed by atoms with Gasteiger partial charge in [0.25, 0.3) is 0 Å². The second kappa shape index (κ2) is 6.79. The van der Waals surface area contributed by atoms with Crippen molar-refractivity contribution in [3.63, 3.8) is 0 Å². The number of ether oxygens (including phenoxy) is 1. The smallest absolute Gasteiger partial charge is 0.315 e. The van der Waals surface area contributed by atoms with Crippen LogP contribution in [0.3, 0.4) is 0 Å². The van der Waals surface area contributed by atoms with Gasteiger partial charge in [0.15, 0.2) is 0 Å². The Balaban J connectivity index is 1.85. The minimum atomic E-state index is -0.942. The monoisotopic (exact) mass is 308 g/mol. The SMILES string of the molecule is O=C(O)C(c1ccccc1)c1c[nH]nc1OCc1ccccc1. The van der Waals surface area contributed by atoms with Crippen LogP contribution in [-0.2, 0) is 11.4 Å². The summed E-state index contributed by atoms with van der Waals surface area (Å²) in [7, 11) is 0. The van der Waals surface area contributed by atoms with Gasteiger partial charge in [0.1, 0.15) is 12.5 Å². The van der Waals surface area contributed by atoms with Crippen LogP contribution < -0.4 is 4.74 Å². The summed E-state index contributed by atoms with van der Waals surface area (Å²) in [6, 6.07) is 18.7. The average molecular weight is 308 g/mol. The Morgan fingerprint density at radius 3 is 2.39 bits per heavy atom. The summed E-state index contributed by atoms with van der Waals surface area (Å²) in [6.45, 7) is 0.333. The molecule has 0 aliphatic carbocycles. The molecule has 0 amide bonds. The molecule has 0 fully saturated rings. The normalized spacial score (nSPS) is 11.8. The van der Waals surface area contributed by atoms with Gasteiger partial charge in [-0.25, -0.2) is 0 Å². The van der Waals surface area contributed by atoms with E-state index in [1.54, 1.807) is 18.3 Å². The third kappa shape index (κ3) is 3.40. The van der Waals surface area contributed by atoms with Gasteiger partial charge in [-0.3, -0.25) is 9.89 Å². The molecule has 3 aromatic rings. The summed E-state index contributed by atoms with van der Waals surface area (Å²) in [5.41, 5.74) is 2.19. The minimum absolute atomic E-state index is 0.310. The number of carboxylic acid groups (broad SMARTS) is 1. The number of aromatic nitrogens is 2. The number of nitrogens with zero attached hydrogens (tertiary/aromatic N) is 1. The van der Waals surface area contributed by atoms with Crippen molar-refractivity contribution in [1.29, 1.82) is 0 Å². The maximum absolute atomic E-state index is 11.7. The first-order chi connectivity index (χ1) is 11.3. The van der Waals surface area contributed by atoms with Gasteiger partial charge in [-0.2, -0.15) is 0 Å². The first-order valence-corrected chi connectivity index (χ1v) is 7.24. The highest BCUT2D eigenvalue weighted by Crippen LogP contribution is 2.31. The lowest BCUT2D eigenvalue weighted by atomic mass is 9.93. The Morgan fingerprint density at radius 1 is 1.09 bits per heavy atom. The van der Waals surface area contributed by atoms with Crippen molar-refractivity contribution in [1.82, 2.24) is 10.2 Å². The highest BCUT2D eigenvalue weighted by Gasteiger charge is 2.27. The van der Waals surface area contributed by atoms with Gasteiger partial charge in [0.05, 0.1) is 5.56 Å². The molecule has 2 N–H and O–H groups in total. The lowest BCUT2D eigenvalue weighted by Gasteiger charge is -2.13. The molecule has 23 heavy (non-hydrogen) atoms. The van der Waals surface area contributed by atoms with E-state index in [0.29, 0.717) is 23.6 Å². The predicted octanol–water partition coefficient (Wildman–Crippen LogP) is 3.21. The summed E-state index contributed by atoms with van der Waals surface area (Å²) in [6.07, 6.45) is 1.58. The van der Waals surface area contributed by atoms with Crippen LogP contribution in [0.5, 0.6) is 5.88 Å². The van der Waals surface area contributed by atoms with E-state index in [9.17, 15) is 9.90 Å². The zero-order valence-corrected chi connectivity index (χ0v) is 12.3. The minimum Gasteiger partial charge on any atom is -0.481 e. The Labute approximate surface area is 133 Å². The number of nitrogens with one attached hydrogen (secondary N) is 1. The van der Waals surface area contributed by atoms with Crippen LogP contribution in [0, 0.1) is 0 Å². The van der Waals surface area contributed by atoms with Gasteiger partial charge in [0.2, 0.25) is 5.88 Å². The molecule has 0 saturated heterocycles. The van der Waals surface area contributed by atoms with E-state index >= 15 is 0 Å². The molecule has 3 rings (SSSR count). The van der Waals surface area contributed by atoms with Crippen LogP contribution in [0.25, 0.3) is 0 Å². The van der Waals surface area contributed by atoms with Gasteiger partial charge < -0.3 is 9.84 Å². The van der Waals surface area contributed by atoms with Crippen LogP contribution in [0.4, 0.5) is 0 Å². The van der Waals surface area contributed by atoms with Crippen molar-refractivity contribution in [3.8, 4) is 5.88 Å². The number of aromatic amines is 1. The van der Waals surface area contributed by atoms with Crippen LogP contribution in [0.15, 0.2) is 66.9 Å². The fourth-order valence-electron chi connectivity index (χ4n) is 2.44. The molecule has 2 aromatic carbocycles. The molecule has 5 heteroatoms. The number of hydrogen-bond acceptors (Lipinski definition) is 3. The number of aliphatic carboxylic acids is 1. The third-order valence-electron chi connectivity index (χ3n) is 3.54. The average Bonchev–Trinajstić information content (AvgIpc) is 3.03. The number of hydrogen-bond donors (Lipinski definition) is 2. The second-order valence-electron chi connectivity index (χ2n) is 5.10. The Bertz CT molecular complexity index is 769. The lowest BCUT2D eigenvalue weighted by Crippen LogP contribution is -2.13. The number of H-pyrrole nitrogens is 1. The summed E-state index contributed by atoms with van der Waals surface area (Å²) < 4.78 is 5.71. The summed E-state index contributed by atoms with van der Waals surface area (Å²) >= 11 is 0. The summed E-state index contributed by atoms with van der Waals surface area (Å²) in [4.78, 5) is 11.7. The van der Waals surface area contributed by atoms with E-state index in [4.69, 9.17) is 4.74 Å². The molecule has 116 valence electrons. The number of carboxylic acids is 1. The summed E-state index contributed by atoms with van der Waals surface area (Å²) in [5, 5.41) is 16.4. The van der Waals surface area contributed by atoms with Gasteiger partial charge in [-0.05, 0) is 11.1 Å². The van der Waals surface area contributed by atoms with Gasteiger partial charge in [-0.1, -0.05) is 60.7 Å². The largest absolute Gasteiger partial charge is 0.481 e. The fraction of sp³-hybridized carbons (Fsp3) is 0.111. The zero-order valence-electron chi connectivity index (χ0n) is 12.3. The van der Waals surface area contributed by atoms with Crippen molar-refractivity contribution in [2.75, 3.05) is 0 Å². The highest BCUT2D eigenvalue weighted by atomic mass is 16.5. The lowest BCUT2D eigenvalue weighted by molar-refractivity contribution is -0.137. The van der Waals surface area contributed by atoms with Crippen LogP contribution in [0.1, 0.15) is 22.6 Å². The molecule has 0 aliphatic heterocycles. The van der Waals surface area contributed by atoms with Crippen LogP contribution >= 0.6 is 0 Å². The Kier molecular flexibility index (Phi) is 4.38. The summed E-state index contributed by atoms with van der Waals surface area (Å²) in [5.74, 6) is -1.45. The van der Waals surface area contributed by atoms with Crippen LogP contribution in [-0.4, -0.2) is 21.3 Å². The van der Waals surface area contributed by atoms with Crippen LogP contribution in [0.2, 0.25) is 0 Å². The van der Waals surface area contributed by atoms with E-state index in [1.807, 2.05) is 48.5 Å². The van der Waals surface area contributed by atoms with Gasteiger partial charge in [0, 0.05) is 6.20 Å². The quantitative estimate of drug-likeness (QED) is 0.733. The molecule has 1 heterocycles. The van der Waals surface area contributed by atoms with E-state index in [1.165, 1.54) is 0 Å². The number of rotatable bonds is 6. The molecule has 1 unspecified atom stereocenters. The predicted molar refractivity (Wildman–Crippen MR) is 85.3 cm³/mol. The standard InChI is InChI=1S/C18H16N2O3/c21-18(22)16(14-9-5-2-6-10-14)15-11-19-20-17(15)23-12-13-7-3-1-4-8-13/h1-11,16H,12H2,(H,19,20)(H,21,22). The first kappa shape index (κ1) is 14.8. The maximum atomic E-state index is 11.7. The second-order valence-corrected chi connectivity index (χ2v) is 5.10. The molecule has 0 bridgehead atoms. The van der Waals surface area contributed by atoms with Crippen molar-refractivity contribution in [2.45, 2.75) is 12.5 Å². The van der Waals surface area contributed by atoms with E-state index < -0.39 is 11.9 Å². The van der Waals surface area contributed by atoms with Crippen molar-refractivity contribution in [2.24, 2.45) is 0 Å². The molecule has 1 aromatic heterocycles. The van der Waals surface area contributed by atoms with E-state index in [0.717, 1.165) is 5.56 Å². The van der Waals surface area contributed by atoms with Crippen molar-refractivity contribution >= 4 is 5.97 Å². The molecule has 1 atom stereocenters. The zero-order chi connectivity index (χ0) is 16.1. The van der Waals surface area contributed by atoms with Crippen molar-refractivity contribution < 1.29 is 14.6 Å². The molecular weight excluding hydrogens is 292 g/mol. The maximum Gasteiger partial charge on any atom is 0.315 e. The van der Waals surface area contributed by atoms with Crippen molar-refractivity contribution in [3.05, 3.63) is 83.6 Å². The molecule has 0 aliphatic rings. The van der Waals surface area contributed by atoms with Gasteiger partial charge >= 0.3 is 5.97 Å². The van der Waals surface area contributed by atoms with E-state index in [-0.39, 0.29) is 0 Å². The topological polar surface area (TPSA) is 75.2 Å². The first-order valence-electron chi connectivity index (χ1n) is 7.24. The molecule has 0 radical (unpaired) electrons. The third-order valence-corrected chi connectivity index (χ3v) is 3.54. The molecular formula is C18H16N2O3. The molecule has 0 spiro atoms. The highest BCUT2D eigenvalue weighted by molar-refractivity contribution is 5.81. The molecule has 5 nitrogen and oxygen atoms in total. The fourth-order valence-corrected chi connectivity index (χ4v) is 2.44. The van der Waals surface area contributed by atoms with Gasteiger partial charge in [-0.15, -0.1) is 5.10 Å². The number of benzene rings is 2. The number of carbonyl (C=O) groups is 1. The molecule has 0 saturated carbocycles. The Morgan fingerprint density at radius 2 is 1.74 bits per heavy atom. The Hall–Kier alpha value is -3.08. The van der Waals surface area contributed by atoms with E-state index in [2.05, 4.69) is 10.2 Å².